The van der Waals surface area contributed by atoms with E-state index in [0.29, 0.717) is 51.7 Å². The second kappa shape index (κ2) is 20.1. The number of alkyl halides is 1. The van der Waals surface area contributed by atoms with Gasteiger partial charge in [-0.2, -0.15) is 0 Å². The van der Waals surface area contributed by atoms with Gasteiger partial charge in [-0.3, -0.25) is 9.59 Å². The van der Waals surface area contributed by atoms with E-state index in [1.54, 1.807) is 12.2 Å². The first kappa shape index (κ1) is 25.3. The second-order valence-electron chi connectivity index (χ2n) is 5.45. The Labute approximate surface area is 151 Å². The van der Waals surface area contributed by atoms with E-state index >= 15 is 0 Å². The second-order valence-corrected chi connectivity index (χ2v) is 5.45. The predicted molar refractivity (Wildman–Crippen MR) is 100 cm³/mol. The minimum Gasteiger partial charge on any atom is -0.466 e. The Hall–Kier alpha value is -1.91. The van der Waals surface area contributed by atoms with Crippen LogP contribution in [0.4, 0.5) is 4.39 Å². The fourth-order valence-electron chi connectivity index (χ4n) is 1.55. The van der Waals surface area contributed by atoms with Gasteiger partial charge in [-0.05, 0) is 45.4 Å². The molecule has 0 radical (unpaired) electrons. The molecule has 0 aliphatic rings. The van der Waals surface area contributed by atoms with E-state index in [4.69, 9.17) is 9.47 Å². The molecule has 0 aliphatic heterocycles. The zero-order valence-corrected chi connectivity index (χ0v) is 15.5. The fraction of sp³-hybridized carbons (Fsp3) is 0.600. The van der Waals surface area contributed by atoms with Crippen LogP contribution in [0.15, 0.2) is 38.0 Å². The number of unbranched alkanes of at least 4 members (excludes halogenated alkanes) is 1. The van der Waals surface area contributed by atoms with Crippen LogP contribution in [0.1, 0.15) is 58.3 Å². The Morgan fingerprint density at radius 3 is 1.72 bits per heavy atom. The van der Waals surface area contributed by atoms with Crippen LogP contribution in [0, 0.1) is 0 Å². The summed E-state index contributed by atoms with van der Waals surface area (Å²) < 4.78 is 22.0. The van der Waals surface area contributed by atoms with Crippen LogP contribution in [-0.2, 0) is 19.1 Å². The number of carbonyl (C=O) groups is 2. The molecule has 1 atom stereocenters. The molecule has 25 heavy (non-hydrogen) atoms. The lowest BCUT2D eigenvalue weighted by Crippen LogP contribution is -2.06. The molecule has 0 N–H and O–H groups in total. The summed E-state index contributed by atoms with van der Waals surface area (Å²) in [6.45, 7) is 12.9. The average molecular weight is 356 g/mol. The average Bonchev–Trinajstić information content (AvgIpc) is 2.59. The van der Waals surface area contributed by atoms with Crippen molar-refractivity contribution in [2.24, 2.45) is 0 Å². The van der Waals surface area contributed by atoms with Crippen LogP contribution in [-0.4, -0.2) is 31.3 Å². The van der Waals surface area contributed by atoms with Crippen molar-refractivity contribution in [2.75, 3.05) is 13.2 Å². The van der Waals surface area contributed by atoms with Gasteiger partial charge in [0.25, 0.3) is 0 Å². The van der Waals surface area contributed by atoms with Gasteiger partial charge in [0.15, 0.2) is 0 Å². The molecule has 0 amide bonds. The molecule has 4 nitrogen and oxygen atoms in total. The standard InChI is InChI=1S/C10H17FO2.C10H16O2/c1-3-4-7-10(12)13-8-5-6-9(2)11;1-3-5-7-9-12-10(11)8-6-4-2/h3,9H,1,4-8H2,2H3;3-4H,1-2,5-9H2/t9-;/m0./s1. The van der Waals surface area contributed by atoms with E-state index in [1.807, 2.05) is 6.08 Å². The van der Waals surface area contributed by atoms with Crippen molar-refractivity contribution in [3.05, 3.63) is 38.0 Å². The Balaban J connectivity index is 0. The minimum absolute atomic E-state index is 0.140. The number of allylic oxidation sites excluding steroid dienone is 3. The summed E-state index contributed by atoms with van der Waals surface area (Å²) in [5, 5.41) is 0. The Morgan fingerprint density at radius 1 is 0.880 bits per heavy atom. The summed E-state index contributed by atoms with van der Waals surface area (Å²) >= 11 is 0. The lowest BCUT2D eigenvalue weighted by molar-refractivity contribution is -0.144. The van der Waals surface area contributed by atoms with Crippen molar-refractivity contribution < 1.29 is 23.5 Å². The van der Waals surface area contributed by atoms with Crippen molar-refractivity contribution in [1.82, 2.24) is 0 Å². The molecule has 0 aliphatic carbocycles. The van der Waals surface area contributed by atoms with Crippen molar-refractivity contribution in [2.45, 2.75) is 64.5 Å². The molecule has 5 heteroatoms. The molecule has 0 saturated carbocycles. The van der Waals surface area contributed by atoms with Crippen LogP contribution in [0.5, 0.6) is 0 Å². The molecule has 0 heterocycles. The molecule has 0 spiro atoms. The lowest BCUT2D eigenvalue weighted by atomic mass is 10.2. The SMILES string of the molecule is C=CCCC(=O)OCCC[C@H](C)F.C=CCCCOC(=O)CCC=C. The maximum atomic E-state index is 12.3. The third-order valence-corrected chi connectivity index (χ3v) is 2.93. The number of hydrogen-bond acceptors (Lipinski definition) is 4. The zero-order valence-electron chi connectivity index (χ0n) is 15.5. The molecule has 0 bridgehead atoms. The van der Waals surface area contributed by atoms with Crippen LogP contribution >= 0.6 is 0 Å². The van der Waals surface area contributed by atoms with Crippen molar-refractivity contribution in [3.8, 4) is 0 Å². The van der Waals surface area contributed by atoms with Gasteiger partial charge < -0.3 is 9.47 Å². The maximum Gasteiger partial charge on any atom is 0.306 e. The zero-order chi connectivity index (χ0) is 19.3. The summed E-state index contributed by atoms with van der Waals surface area (Å²) in [5.41, 5.74) is 0. The van der Waals surface area contributed by atoms with E-state index in [1.165, 1.54) is 6.92 Å². The topological polar surface area (TPSA) is 52.6 Å². The quantitative estimate of drug-likeness (QED) is 0.247. The highest BCUT2D eigenvalue weighted by molar-refractivity contribution is 5.69. The predicted octanol–water partition coefficient (Wildman–Crippen LogP) is 5.10. The largest absolute Gasteiger partial charge is 0.466 e. The van der Waals surface area contributed by atoms with Crippen molar-refractivity contribution >= 4 is 11.9 Å². The van der Waals surface area contributed by atoms with Gasteiger partial charge in [0, 0.05) is 12.8 Å². The van der Waals surface area contributed by atoms with Gasteiger partial charge in [-0.1, -0.05) is 18.2 Å². The summed E-state index contributed by atoms with van der Waals surface area (Å²) in [4.78, 5) is 21.8. The van der Waals surface area contributed by atoms with E-state index in [9.17, 15) is 14.0 Å². The number of ether oxygens (including phenoxy) is 2. The Morgan fingerprint density at radius 2 is 1.32 bits per heavy atom. The first-order valence-electron chi connectivity index (χ1n) is 8.75. The Bertz CT molecular complexity index is 378. The molecule has 0 aromatic carbocycles. The number of hydrogen-bond donors (Lipinski definition) is 0. The highest BCUT2D eigenvalue weighted by Crippen LogP contribution is 2.01. The molecular weight excluding hydrogens is 323 g/mol. The van der Waals surface area contributed by atoms with E-state index in [2.05, 4.69) is 19.7 Å². The van der Waals surface area contributed by atoms with E-state index < -0.39 is 6.17 Å². The van der Waals surface area contributed by atoms with Gasteiger partial charge in [-0.25, -0.2) is 4.39 Å². The third kappa shape index (κ3) is 24.5. The third-order valence-electron chi connectivity index (χ3n) is 2.93. The fourth-order valence-corrected chi connectivity index (χ4v) is 1.55. The molecule has 0 fully saturated rings. The van der Waals surface area contributed by atoms with E-state index in [0.717, 1.165) is 12.8 Å². The molecule has 0 aromatic heterocycles. The number of carbonyl (C=O) groups excluding carboxylic acids is 2. The smallest absolute Gasteiger partial charge is 0.306 e. The van der Waals surface area contributed by atoms with Crippen LogP contribution in [0.2, 0.25) is 0 Å². The monoisotopic (exact) mass is 356 g/mol. The van der Waals surface area contributed by atoms with Gasteiger partial charge in [0.1, 0.15) is 0 Å². The van der Waals surface area contributed by atoms with Crippen molar-refractivity contribution in [3.63, 3.8) is 0 Å². The van der Waals surface area contributed by atoms with Crippen LogP contribution in [0.25, 0.3) is 0 Å². The van der Waals surface area contributed by atoms with E-state index in [-0.39, 0.29) is 11.9 Å². The highest BCUT2D eigenvalue weighted by atomic mass is 19.1. The van der Waals surface area contributed by atoms with Gasteiger partial charge in [-0.15, -0.1) is 19.7 Å². The van der Waals surface area contributed by atoms with Crippen LogP contribution < -0.4 is 0 Å². The Kier molecular flexibility index (Phi) is 20.4. The number of rotatable bonds is 14. The molecule has 0 rings (SSSR count). The molecule has 0 unspecified atom stereocenters. The first-order chi connectivity index (χ1) is 12.0. The summed E-state index contributed by atoms with van der Waals surface area (Å²) in [5.74, 6) is -0.370. The summed E-state index contributed by atoms with van der Waals surface area (Å²) in [6.07, 6.45) is 9.34. The van der Waals surface area contributed by atoms with Gasteiger partial charge >= 0.3 is 11.9 Å². The highest BCUT2D eigenvalue weighted by Gasteiger charge is 2.02. The van der Waals surface area contributed by atoms with Crippen LogP contribution in [0.3, 0.4) is 0 Å². The summed E-state index contributed by atoms with van der Waals surface area (Å²) in [7, 11) is 0. The van der Waals surface area contributed by atoms with Gasteiger partial charge in [0.05, 0.1) is 19.4 Å². The first-order valence-corrected chi connectivity index (χ1v) is 8.75. The minimum atomic E-state index is -0.813. The normalized spacial score (nSPS) is 10.6. The molecule has 0 saturated heterocycles. The maximum absolute atomic E-state index is 12.3. The molecular formula is C20H33FO4. The summed E-state index contributed by atoms with van der Waals surface area (Å²) in [6, 6.07) is 0. The number of halogens is 1. The molecule has 144 valence electrons. The lowest BCUT2D eigenvalue weighted by Gasteiger charge is -2.03. The molecule has 0 aromatic rings. The van der Waals surface area contributed by atoms with Gasteiger partial charge in [0.2, 0.25) is 0 Å². The van der Waals surface area contributed by atoms with Crippen molar-refractivity contribution in [1.29, 1.82) is 0 Å². The number of esters is 2.